The van der Waals surface area contributed by atoms with E-state index in [0.717, 1.165) is 19.4 Å². The molecule has 1 N–H and O–H groups in total. The predicted molar refractivity (Wildman–Crippen MR) is 125 cm³/mol. The normalized spacial score (nSPS) is 22.8. The molecule has 0 aromatic heterocycles. The maximum absolute atomic E-state index is 13.1. The smallest absolute Gasteiger partial charge is 0.251 e. The Labute approximate surface area is 190 Å². The van der Waals surface area contributed by atoms with E-state index in [1.54, 1.807) is 33.5 Å². The number of fused-ring (bicyclic) bond motifs is 2. The van der Waals surface area contributed by atoms with Gasteiger partial charge in [-0.3, -0.25) is 9.69 Å². The van der Waals surface area contributed by atoms with Gasteiger partial charge in [-0.2, -0.15) is 0 Å². The van der Waals surface area contributed by atoms with Crippen molar-refractivity contribution in [2.75, 3.05) is 21.3 Å². The molecule has 0 aliphatic carbocycles. The number of hydrogen-bond donors (Lipinski definition) is 1. The molecule has 6 nitrogen and oxygen atoms in total. The van der Waals surface area contributed by atoms with Crippen molar-refractivity contribution in [2.45, 2.75) is 63.7 Å². The second kappa shape index (κ2) is 9.82. The Morgan fingerprint density at radius 3 is 2.09 bits per heavy atom. The van der Waals surface area contributed by atoms with Gasteiger partial charge in [-0.1, -0.05) is 36.2 Å². The van der Waals surface area contributed by atoms with Gasteiger partial charge in [0, 0.05) is 30.2 Å². The van der Waals surface area contributed by atoms with Crippen LogP contribution in [-0.4, -0.2) is 50.3 Å². The number of nitrogens with one attached hydrogen (secondary N) is 1. The molecule has 2 heterocycles. The highest BCUT2D eigenvalue weighted by Gasteiger charge is 2.38. The van der Waals surface area contributed by atoms with Crippen LogP contribution in [0.4, 0.5) is 0 Å². The molecular weight excluding hydrogens is 404 g/mol. The van der Waals surface area contributed by atoms with Crippen LogP contribution in [0.2, 0.25) is 0 Å². The summed E-state index contributed by atoms with van der Waals surface area (Å²) >= 11 is 0. The molecule has 1 amide bonds. The van der Waals surface area contributed by atoms with Crippen LogP contribution in [0.3, 0.4) is 0 Å². The van der Waals surface area contributed by atoms with Crippen molar-refractivity contribution >= 4 is 5.91 Å². The third-order valence-electron chi connectivity index (χ3n) is 6.87. The third kappa shape index (κ3) is 4.70. The zero-order chi connectivity index (χ0) is 22.7. The van der Waals surface area contributed by atoms with Gasteiger partial charge in [0.15, 0.2) is 11.5 Å². The summed E-state index contributed by atoms with van der Waals surface area (Å²) in [6, 6.07) is 13.5. The fourth-order valence-corrected chi connectivity index (χ4v) is 5.24. The van der Waals surface area contributed by atoms with Gasteiger partial charge in [0.05, 0.1) is 21.3 Å². The Morgan fingerprint density at radius 2 is 1.56 bits per heavy atom. The summed E-state index contributed by atoms with van der Waals surface area (Å²) < 4.78 is 16.2. The van der Waals surface area contributed by atoms with Crippen LogP contribution in [0.1, 0.15) is 53.6 Å². The van der Waals surface area contributed by atoms with Gasteiger partial charge >= 0.3 is 0 Å². The quantitative estimate of drug-likeness (QED) is 0.697. The molecule has 0 spiro atoms. The Balaban J connectivity index is 1.45. The van der Waals surface area contributed by atoms with Crippen LogP contribution in [-0.2, 0) is 6.54 Å². The largest absolute Gasteiger partial charge is 0.493 e. The van der Waals surface area contributed by atoms with Crippen molar-refractivity contribution in [3.8, 4) is 17.2 Å². The molecule has 172 valence electrons. The molecule has 2 aromatic rings. The number of carbonyl (C=O) groups is 1. The molecule has 0 saturated carbocycles. The van der Waals surface area contributed by atoms with Gasteiger partial charge in [-0.15, -0.1) is 0 Å². The number of aryl methyl sites for hydroxylation is 1. The number of benzene rings is 2. The van der Waals surface area contributed by atoms with Crippen molar-refractivity contribution in [1.82, 2.24) is 10.2 Å². The van der Waals surface area contributed by atoms with Gasteiger partial charge < -0.3 is 19.5 Å². The average molecular weight is 439 g/mol. The molecule has 2 aliphatic heterocycles. The number of methoxy groups -OCH3 is 3. The first kappa shape index (κ1) is 22.5. The zero-order valence-corrected chi connectivity index (χ0v) is 19.5. The number of amides is 1. The number of ether oxygens (including phenoxy) is 3. The van der Waals surface area contributed by atoms with E-state index in [1.807, 2.05) is 0 Å². The lowest BCUT2D eigenvalue weighted by Crippen LogP contribution is -2.56. The topological polar surface area (TPSA) is 60.0 Å². The minimum absolute atomic E-state index is 0.0979. The highest BCUT2D eigenvalue weighted by atomic mass is 16.5. The first-order valence-electron chi connectivity index (χ1n) is 11.4. The number of nitrogens with zero attached hydrogens (tertiary/aromatic N) is 1. The standard InChI is InChI=1S/C26H34N2O4/c1-17-8-10-18(11-9-17)16-28-21-6-5-7-22(28)15-20(14-21)27-26(29)19-12-23(30-2)25(32-4)24(13-19)31-3/h8-13,20-22H,5-7,14-16H2,1-4H3,(H,27,29)/t21-,22-/m1/s1. The van der Waals surface area contributed by atoms with Gasteiger partial charge in [0.25, 0.3) is 5.91 Å². The van der Waals surface area contributed by atoms with Crippen LogP contribution in [0.25, 0.3) is 0 Å². The third-order valence-corrected chi connectivity index (χ3v) is 6.87. The molecular formula is C26H34N2O4. The van der Waals surface area contributed by atoms with Crippen LogP contribution in [0.5, 0.6) is 17.2 Å². The van der Waals surface area contributed by atoms with E-state index in [0.29, 0.717) is 34.9 Å². The van der Waals surface area contributed by atoms with Crippen LogP contribution < -0.4 is 19.5 Å². The molecule has 0 unspecified atom stereocenters. The average Bonchev–Trinajstić information content (AvgIpc) is 2.79. The van der Waals surface area contributed by atoms with Crippen LogP contribution >= 0.6 is 0 Å². The van der Waals surface area contributed by atoms with Crippen molar-refractivity contribution in [3.05, 3.63) is 53.1 Å². The number of carbonyl (C=O) groups excluding carboxylic acids is 1. The van der Waals surface area contributed by atoms with Gasteiger partial charge in [-0.25, -0.2) is 0 Å². The van der Waals surface area contributed by atoms with E-state index in [-0.39, 0.29) is 11.9 Å². The SMILES string of the molecule is COc1cc(C(=O)NC2C[C@H]3CCC[C@H](C2)N3Cc2ccc(C)cc2)cc(OC)c1OC. The number of rotatable bonds is 7. The van der Waals surface area contributed by atoms with E-state index >= 15 is 0 Å². The second-order valence-electron chi connectivity index (χ2n) is 8.95. The van der Waals surface area contributed by atoms with Crippen molar-refractivity contribution in [2.24, 2.45) is 0 Å². The summed E-state index contributed by atoms with van der Waals surface area (Å²) in [7, 11) is 4.68. The zero-order valence-electron chi connectivity index (χ0n) is 19.5. The van der Waals surface area contributed by atoms with E-state index in [1.165, 1.54) is 30.4 Å². The Bertz CT molecular complexity index is 904. The molecule has 4 rings (SSSR count). The molecule has 6 heteroatoms. The van der Waals surface area contributed by atoms with Crippen molar-refractivity contribution < 1.29 is 19.0 Å². The molecule has 0 radical (unpaired) electrons. The summed E-state index contributed by atoms with van der Waals surface area (Å²) in [5.74, 6) is 1.37. The first-order chi connectivity index (χ1) is 15.5. The minimum Gasteiger partial charge on any atom is -0.493 e. The van der Waals surface area contributed by atoms with E-state index in [9.17, 15) is 4.79 Å². The molecule has 2 fully saturated rings. The van der Waals surface area contributed by atoms with Gasteiger partial charge in [-0.05, 0) is 50.3 Å². The summed E-state index contributed by atoms with van der Waals surface area (Å²) in [5.41, 5.74) is 3.18. The summed E-state index contributed by atoms with van der Waals surface area (Å²) in [6.07, 6.45) is 5.63. The van der Waals surface area contributed by atoms with Crippen molar-refractivity contribution in [1.29, 1.82) is 0 Å². The van der Waals surface area contributed by atoms with Crippen LogP contribution in [0, 0.1) is 6.92 Å². The molecule has 2 aliphatic rings. The highest BCUT2D eigenvalue weighted by molar-refractivity contribution is 5.95. The Hall–Kier alpha value is -2.73. The molecule has 2 atom stereocenters. The lowest BCUT2D eigenvalue weighted by atomic mass is 9.81. The highest BCUT2D eigenvalue weighted by Crippen LogP contribution is 2.39. The van der Waals surface area contributed by atoms with E-state index in [4.69, 9.17) is 14.2 Å². The minimum atomic E-state index is -0.0979. The Kier molecular flexibility index (Phi) is 6.89. The summed E-state index contributed by atoms with van der Waals surface area (Å²) in [4.78, 5) is 15.8. The van der Waals surface area contributed by atoms with Crippen LogP contribution in [0.15, 0.2) is 36.4 Å². The summed E-state index contributed by atoms with van der Waals surface area (Å²) in [5, 5.41) is 3.28. The monoisotopic (exact) mass is 438 g/mol. The number of hydrogen-bond acceptors (Lipinski definition) is 5. The predicted octanol–water partition coefficient (Wildman–Crippen LogP) is 4.34. The number of piperidine rings is 2. The lowest BCUT2D eigenvalue weighted by molar-refractivity contribution is 0.0177. The fourth-order valence-electron chi connectivity index (χ4n) is 5.24. The first-order valence-corrected chi connectivity index (χ1v) is 11.4. The van der Waals surface area contributed by atoms with E-state index < -0.39 is 0 Å². The maximum Gasteiger partial charge on any atom is 0.251 e. The summed E-state index contributed by atoms with van der Waals surface area (Å²) in [6.45, 7) is 3.11. The fraction of sp³-hybridized carbons (Fsp3) is 0.500. The van der Waals surface area contributed by atoms with Gasteiger partial charge in [0.2, 0.25) is 5.75 Å². The van der Waals surface area contributed by atoms with Gasteiger partial charge in [0.1, 0.15) is 0 Å². The maximum atomic E-state index is 13.1. The lowest BCUT2D eigenvalue weighted by Gasteiger charge is -2.49. The van der Waals surface area contributed by atoms with E-state index in [2.05, 4.69) is 41.4 Å². The second-order valence-corrected chi connectivity index (χ2v) is 8.95. The molecule has 2 saturated heterocycles. The Morgan fingerprint density at radius 1 is 0.969 bits per heavy atom. The molecule has 2 bridgehead atoms. The van der Waals surface area contributed by atoms with Crippen molar-refractivity contribution in [3.63, 3.8) is 0 Å². The molecule has 32 heavy (non-hydrogen) atoms. The molecule has 2 aromatic carbocycles.